The zero-order valence-electron chi connectivity index (χ0n) is 14.9. The first kappa shape index (κ1) is 18.4. The second-order valence-corrected chi connectivity index (χ2v) is 7.02. The van der Waals surface area contributed by atoms with Crippen molar-refractivity contribution in [3.8, 4) is 0 Å². The van der Waals surface area contributed by atoms with E-state index in [9.17, 15) is 14.0 Å². The third-order valence-corrected chi connectivity index (χ3v) is 5.32. The van der Waals surface area contributed by atoms with E-state index >= 15 is 0 Å². The second kappa shape index (κ2) is 8.30. The Bertz CT molecular complexity index is 703. The van der Waals surface area contributed by atoms with Gasteiger partial charge in [0.15, 0.2) is 0 Å². The number of carbonyl (C=O) groups is 2. The molecule has 1 unspecified atom stereocenters. The van der Waals surface area contributed by atoms with Gasteiger partial charge in [-0.3, -0.25) is 9.59 Å². The SMILES string of the molecule is C=CC(=O)N1CCC(C(=O)NC2CC=C(c3ccc(F)cc3)CC2)CC1. The molecule has 0 radical (unpaired) electrons. The van der Waals surface area contributed by atoms with E-state index in [1.165, 1.54) is 23.8 Å². The van der Waals surface area contributed by atoms with E-state index < -0.39 is 0 Å². The van der Waals surface area contributed by atoms with Crippen molar-refractivity contribution < 1.29 is 14.0 Å². The van der Waals surface area contributed by atoms with Crippen LogP contribution in [-0.2, 0) is 9.59 Å². The number of rotatable bonds is 4. The first-order valence-electron chi connectivity index (χ1n) is 9.23. The number of halogens is 1. The summed E-state index contributed by atoms with van der Waals surface area (Å²) in [6.07, 6.45) is 7.45. The Labute approximate surface area is 153 Å². The highest BCUT2D eigenvalue weighted by Crippen LogP contribution is 2.27. The summed E-state index contributed by atoms with van der Waals surface area (Å²) in [4.78, 5) is 25.9. The summed E-state index contributed by atoms with van der Waals surface area (Å²) in [5.74, 6) is -0.212. The Morgan fingerprint density at radius 3 is 2.42 bits per heavy atom. The lowest BCUT2D eigenvalue weighted by atomic mass is 9.89. The van der Waals surface area contributed by atoms with Gasteiger partial charge in [0, 0.05) is 25.0 Å². The van der Waals surface area contributed by atoms with Crippen molar-refractivity contribution in [2.75, 3.05) is 13.1 Å². The fourth-order valence-electron chi connectivity index (χ4n) is 3.70. The molecule has 2 amide bonds. The lowest BCUT2D eigenvalue weighted by molar-refractivity contribution is -0.132. The van der Waals surface area contributed by atoms with Gasteiger partial charge in [0.2, 0.25) is 11.8 Å². The van der Waals surface area contributed by atoms with Gasteiger partial charge in [-0.05, 0) is 61.4 Å². The van der Waals surface area contributed by atoms with Crippen molar-refractivity contribution in [1.29, 1.82) is 0 Å². The van der Waals surface area contributed by atoms with Gasteiger partial charge in [0.05, 0.1) is 0 Å². The van der Waals surface area contributed by atoms with Crippen molar-refractivity contribution in [1.82, 2.24) is 10.2 Å². The second-order valence-electron chi connectivity index (χ2n) is 7.02. The summed E-state index contributed by atoms with van der Waals surface area (Å²) >= 11 is 0. The standard InChI is InChI=1S/C21H25FN2O2/c1-2-20(25)24-13-11-17(12-14-24)21(26)23-19-9-5-16(6-10-19)15-3-7-18(22)8-4-15/h2-5,7-8,17,19H,1,6,9-14H2,(H,23,26). The third-order valence-electron chi connectivity index (χ3n) is 5.32. The van der Waals surface area contributed by atoms with E-state index in [4.69, 9.17) is 0 Å². The van der Waals surface area contributed by atoms with Crippen LogP contribution in [0.15, 0.2) is 43.0 Å². The maximum absolute atomic E-state index is 13.0. The van der Waals surface area contributed by atoms with Crippen LogP contribution in [0.5, 0.6) is 0 Å². The maximum Gasteiger partial charge on any atom is 0.245 e. The van der Waals surface area contributed by atoms with Gasteiger partial charge in [0.1, 0.15) is 5.82 Å². The monoisotopic (exact) mass is 356 g/mol. The first-order valence-corrected chi connectivity index (χ1v) is 9.23. The summed E-state index contributed by atoms with van der Waals surface area (Å²) in [5, 5.41) is 3.16. The molecule has 0 saturated carbocycles. The number of nitrogens with zero attached hydrogens (tertiary/aromatic N) is 1. The van der Waals surface area contributed by atoms with Crippen LogP contribution in [0.25, 0.3) is 5.57 Å². The molecule has 2 aliphatic rings. The molecule has 1 fully saturated rings. The number of allylic oxidation sites excluding steroid dienone is 1. The molecule has 3 rings (SSSR count). The van der Waals surface area contributed by atoms with Gasteiger partial charge >= 0.3 is 0 Å². The van der Waals surface area contributed by atoms with Gasteiger partial charge in [0.25, 0.3) is 0 Å². The molecule has 1 N–H and O–H groups in total. The lowest BCUT2D eigenvalue weighted by Gasteiger charge is -2.32. The van der Waals surface area contributed by atoms with Crippen LogP contribution in [0, 0.1) is 11.7 Å². The predicted molar refractivity (Wildman–Crippen MR) is 99.7 cm³/mol. The summed E-state index contributed by atoms with van der Waals surface area (Å²) in [7, 11) is 0. The Hall–Kier alpha value is -2.43. The van der Waals surface area contributed by atoms with Crippen molar-refractivity contribution >= 4 is 17.4 Å². The van der Waals surface area contributed by atoms with Crippen LogP contribution in [0.1, 0.15) is 37.7 Å². The largest absolute Gasteiger partial charge is 0.353 e. The molecule has 1 aromatic carbocycles. The number of hydrogen-bond donors (Lipinski definition) is 1. The minimum absolute atomic E-state index is 0.0219. The average Bonchev–Trinajstić information content (AvgIpc) is 2.69. The number of piperidine rings is 1. The topological polar surface area (TPSA) is 49.4 Å². The van der Waals surface area contributed by atoms with Crippen LogP contribution in [0.3, 0.4) is 0 Å². The number of likely N-dealkylation sites (tertiary alicyclic amines) is 1. The maximum atomic E-state index is 13.0. The number of benzene rings is 1. The van der Waals surface area contributed by atoms with Crippen LogP contribution >= 0.6 is 0 Å². The Kier molecular flexibility index (Phi) is 5.86. The van der Waals surface area contributed by atoms with Crippen LogP contribution in [-0.4, -0.2) is 35.8 Å². The molecular formula is C21H25FN2O2. The van der Waals surface area contributed by atoms with Crippen LogP contribution in [0.2, 0.25) is 0 Å². The summed E-state index contributed by atoms with van der Waals surface area (Å²) in [5.41, 5.74) is 2.27. The highest BCUT2D eigenvalue weighted by atomic mass is 19.1. The molecule has 1 heterocycles. The molecule has 1 saturated heterocycles. The van der Waals surface area contributed by atoms with Gasteiger partial charge < -0.3 is 10.2 Å². The molecule has 5 heteroatoms. The van der Waals surface area contributed by atoms with Crippen molar-refractivity contribution in [3.05, 3.63) is 54.4 Å². The number of hydrogen-bond acceptors (Lipinski definition) is 2. The number of amides is 2. The highest BCUT2D eigenvalue weighted by molar-refractivity contribution is 5.87. The van der Waals surface area contributed by atoms with Crippen molar-refractivity contribution in [3.63, 3.8) is 0 Å². The normalized spacial score (nSPS) is 21.0. The lowest BCUT2D eigenvalue weighted by Crippen LogP contribution is -2.45. The molecule has 1 aliphatic carbocycles. The molecule has 1 atom stereocenters. The van der Waals surface area contributed by atoms with E-state index in [1.54, 1.807) is 17.0 Å². The molecule has 138 valence electrons. The van der Waals surface area contributed by atoms with E-state index in [0.717, 1.165) is 24.8 Å². The number of carbonyl (C=O) groups excluding carboxylic acids is 2. The fourth-order valence-corrected chi connectivity index (χ4v) is 3.70. The Morgan fingerprint density at radius 2 is 1.85 bits per heavy atom. The van der Waals surface area contributed by atoms with E-state index in [1.807, 2.05) is 0 Å². The Balaban J connectivity index is 1.48. The molecule has 26 heavy (non-hydrogen) atoms. The minimum Gasteiger partial charge on any atom is -0.353 e. The van der Waals surface area contributed by atoms with Gasteiger partial charge in [-0.25, -0.2) is 4.39 Å². The van der Waals surface area contributed by atoms with Gasteiger partial charge in [-0.1, -0.05) is 24.8 Å². The zero-order valence-corrected chi connectivity index (χ0v) is 14.9. The molecule has 0 spiro atoms. The average molecular weight is 356 g/mol. The predicted octanol–water partition coefficient (Wildman–Crippen LogP) is 3.30. The quantitative estimate of drug-likeness (QED) is 0.842. The van der Waals surface area contributed by atoms with E-state index in [-0.39, 0.29) is 29.6 Å². The van der Waals surface area contributed by atoms with Crippen molar-refractivity contribution in [2.24, 2.45) is 5.92 Å². The van der Waals surface area contributed by atoms with Crippen LogP contribution < -0.4 is 5.32 Å². The molecule has 1 aliphatic heterocycles. The molecule has 0 aromatic heterocycles. The van der Waals surface area contributed by atoms with Gasteiger partial charge in [-0.15, -0.1) is 0 Å². The van der Waals surface area contributed by atoms with E-state index in [2.05, 4.69) is 18.0 Å². The molecular weight excluding hydrogens is 331 g/mol. The summed E-state index contributed by atoms with van der Waals surface area (Å²) < 4.78 is 13.0. The number of nitrogens with one attached hydrogen (secondary N) is 1. The highest BCUT2D eigenvalue weighted by Gasteiger charge is 2.28. The Morgan fingerprint density at radius 1 is 1.15 bits per heavy atom. The third kappa shape index (κ3) is 4.40. The zero-order chi connectivity index (χ0) is 18.5. The summed E-state index contributed by atoms with van der Waals surface area (Å²) in [6.45, 7) is 4.73. The molecule has 4 nitrogen and oxygen atoms in total. The van der Waals surface area contributed by atoms with Crippen LogP contribution in [0.4, 0.5) is 4.39 Å². The molecule has 0 bridgehead atoms. The minimum atomic E-state index is -0.226. The fraction of sp³-hybridized carbons (Fsp3) is 0.429. The smallest absolute Gasteiger partial charge is 0.245 e. The summed E-state index contributed by atoms with van der Waals surface area (Å²) in [6, 6.07) is 6.72. The molecule has 1 aromatic rings. The van der Waals surface area contributed by atoms with Gasteiger partial charge in [-0.2, -0.15) is 0 Å². The van der Waals surface area contributed by atoms with Crippen molar-refractivity contribution in [2.45, 2.75) is 38.1 Å². The van der Waals surface area contributed by atoms with E-state index in [0.29, 0.717) is 25.9 Å². The first-order chi connectivity index (χ1) is 12.6.